The molecule has 1 aliphatic heterocycles. The van der Waals surface area contributed by atoms with E-state index in [1.807, 2.05) is 0 Å². The van der Waals surface area contributed by atoms with E-state index in [-0.39, 0.29) is 18.3 Å². The molecule has 106 valence electrons. The lowest BCUT2D eigenvalue weighted by molar-refractivity contribution is -0.00463. The molecule has 19 heavy (non-hydrogen) atoms. The highest BCUT2D eigenvalue weighted by atomic mass is 19.1. The number of hydrogen-bond acceptors (Lipinski definition) is 4. The molecule has 0 amide bonds. The van der Waals surface area contributed by atoms with Crippen LogP contribution < -0.4 is 4.74 Å². The normalized spacial score (nSPS) is 24.4. The van der Waals surface area contributed by atoms with Crippen molar-refractivity contribution in [3.05, 3.63) is 29.6 Å². The minimum atomic E-state index is -0.509. The quantitative estimate of drug-likeness (QED) is 0.856. The summed E-state index contributed by atoms with van der Waals surface area (Å²) >= 11 is 0. The first kappa shape index (κ1) is 14.2. The van der Waals surface area contributed by atoms with Crippen molar-refractivity contribution in [3.8, 4) is 5.75 Å². The number of rotatable bonds is 4. The third-order valence-corrected chi connectivity index (χ3v) is 3.68. The molecule has 0 aliphatic carbocycles. The second kappa shape index (κ2) is 6.32. The van der Waals surface area contributed by atoms with E-state index in [2.05, 4.69) is 4.90 Å². The lowest BCUT2D eigenvalue weighted by Gasteiger charge is -2.35. The first-order valence-corrected chi connectivity index (χ1v) is 6.47. The number of aliphatic hydroxyl groups excluding tert-OH is 2. The van der Waals surface area contributed by atoms with Gasteiger partial charge in [0.1, 0.15) is 11.6 Å². The second-order valence-corrected chi connectivity index (χ2v) is 4.99. The maximum absolute atomic E-state index is 13.1. The third-order valence-electron chi connectivity index (χ3n) is 3.68. The van der Waals surface area contributed by atoms with Gasteiger partial charge in [-0.1, -0.05) is 6.07 Å². The number of methoxy groups -OCH3 is 1. The Morgan fingerprint density at radius 2 is 2.26 bits per heavy atom. The van der Waals surface area contributed by atoms with E-state index in [9.17, 15) is 9.50 Å². The molecule has 1 fully saturated rings. The van der Waals surface area contributed by atoms with Crippen LogP contribution in [0.4, 0.5) is 4.39 Å². The SMILES string of the molecule is COc1cc(F)ccc1CN1CC[C@H](CO)[C@@H](O)C1. The molecule has 0 spiro atoms. The van der Waals surface area contributed by atoms with Crippen LogP contribution in [-0.2, 0) is 6.54 Å². The van der Waals surface area contributed by atoms with Crippen molar-refractivity contribution in [2.45, 2.75) is 19.1 Å². The zero-order valence-corrected chi connectivity index (χ0v) is 11.1. The van der Waals surface area contributed by atoms with Crippen molar-refractivity contribution in [2.75, 3.05) is 26.8 Å². The Kier molecular flexibility index (Phi) is 4.74. The first-order valence-electron chi connectivity index (χ1n) is 6.47. The lowest BCUT2D eigenvalue weighted by atomic mass is 9.94. The lowest BCUT2D eigenvalue weighted by Crippen LogP contribution is -2.44. The fourth-order valence-electron chi connectivity index (χ4n) is 2.49. The van der Waals surface area contributed by atoms with E-state index in [4.69, 9.17) is 9.84 Å². The number of likely N-dealkylation sites (tertiary alicyclic amines) is 1. The van der Waals surface area contributed by atoms with Crippen LogP contribution >= 0.6 is 0 Å². The van der Waals surface area contributed by atoms with Gasteiger partial charge >= 0.3 is 0 Å². The standard InChI is InChI=1S/C14H20FNO3/c1-19-14-6-12(15)3-2-10(14)7-16-5-4-11(9-17)13(18)8-16/h2-3,6,11,13,17-18H,4-5,7-9H2,1H3/t11-,13+/m1/s1. The average Bonchev–Trinajstić information content (AvgIpc) is 2.41. The van der Waals surface area contributed by atoms with Crippen LogP contribution in [0.15, 0.2) is 18.2 Å². The van der Waals surface area contributed by atoms with E-state index < -0.39 is 6.10 Å². The van der Waals surface area contributed by atoms with Gasteiger partial charge in [-0.25, -0.2) is 4.39 Å². The van der Waals surface area contributed by atoms with Crippen LogP contribution in [0.2, 0.25) is 0 Å². The van der Waals surface area contributed by atoms with Gasteiger partial charge in [0.05, 0.1) is 13.2 Å². The Morgan fingerprint density at radius 3 is 2.89 bits per heavy atom. The number of halogens is 1. The molecule has 1 aliphatic rings. The third kappa shape index (κ3) is 3.43. The van der Waals surface area contributed by atoms with Gasteiger partial charge in [-0.3, -0.25) is 4.90 Å². The van der Waals surface area contributed by atoms with Crippen molar-refractivity contribution in [2.24, 2.45) is 5.92 Å². The Bertz CT molecular complexity index is 427. The van der Waals surface area contributed by atoms with Crippen LogP contribution in [0.25, 0.3) is 0 Å². The molecule has 1 heterocycles. The van der Waals surface area contributed by atoms with Gasteiger partial charge in [0.2, 0.25) is 0 Å². The van der Waals surface area contributed by atoms with Gasteiger partial charge in [0.25, 0.3) is 0 Å². The molecule has 2 rings (SSSR count). The Labute approximate surface area is 112 Å². The number of nitrogens with zero attached hydrogens (tertiary/aromatic N) is 1. The maximum atomic E-state index is 13.1. The molecule has 1 aromatic carbocycles. The number of ether oxygens (including phenoxy) is 1. The molecular formula is C14H20FNO3. The van der Waals surface area contributed by atoms with Crippen LogP contribution in [-0.4, -0.2) is 48.0 Å². The van der Waals surface area contributed by atoms with Crippen molar-refractivity contribution >= 4 is 0 Å². The fourth-order valence-corrected chi connectivity index (χ4v) is 2.49. The summed E-state index contributed by atoms with van der Waals surface area (Å²) in [6.07, 6.45) is 0.256. The minimum Gasteiger partial charge on any atom is -0.496 e. The smallest absolute Gasteiger partial charge is 0.126 e. The van der Waals surface area contributed by atoms with E-state index in [0.717, 1.165) is 18.5 Å². The zero-order chi connectivity index (χ0) is 13.8. The minimum absolute atomic E-state index is 0.0227. The number of aliphatic hydroxyl groups is 2. The number of hydrogen-bond donors (Lipinski definition) is 2. The summed E-state index contributed by atoms with van der Waals surface area (Å²) in [7, 11) is 1.52. The molecule has 0 saturated carbocycles. The van der Waals surface area contributed by atoms with Gasteiger partial charge in [0, 0.05) is 37.2 Å². The number of piperidine rings is 1. The van der Waals surface area contributed by atoms with Crippen LogP contribution in [0.5, 0.6) is 5.75 Å². The summed E-state index contributed by atoms with van der Waals surface area (Å²) in [4.78, 5) is 2.09. The van der Waals surface area contributed by atoms with Gasteiger partial charge in [-0.15, -0.1) is 0 Å². The average molecular weight is 269 g/mol. The Hall–Kier alpha value is -1.17. The van der Waals surface area contributed by atoms with Crippen molar-refractivity contribution in [1.82, 2.24) is 4.90 Å². The molecule has 1 saturated heterocycles. The highest BCUT2D eigenvalue weighted by Gasteiger charge is 2.27. The Balaban J connectivity index is 2.02. The summed E-state index contributed by atoms with van der Waals surface area (Å²) in [5.74, 6) is 0.171. The predicted molar refractivity (Wildman–Crippen MR) is 69.4 cm³/mol. The largest absolute Gasteiger partial charge is 0.496 e. The molecule has 2 atom stereocenters. The molecular weight excluding hydrogens is 249 g/mol. The van der Waals surface area contributed by atoms with E-state index in [1.54, 1.807) is 6.07 Å². The molecule has 5 heteroatoms. The number of β-amino-alcohol motifs (C(OH)–C–C–N with tert-alkyl or cyclic N) is 1. The van der Waals surface area contributed by atoms with Crippen LogP contribution in [0, 0.1) is 11.7 Å². The second-order valence-electron chi connectivity index (χ2n) is 4.99. The monoisotopic (exact) mass is 269 g/mol. The van der Waals surface area contributed by atoms with E-state index in [0.29, 0.717) is 18.8 Å². The van der Waals surface area contributed by atoms with Crippen molar-refractivity contribution in [1.29, 1.82) is 0 Å². The molecule has 0 aromatic heterocycles. The maximum Gasteiger partial charge on any atom is 0.126 e. The topological polar surface area (TPSA) is 52.9 Å². The summed E-state index contributed by atoms with van der Waals surface area (Å²) in [6.45, 7) is 1.96. The highest BCUT2D eigenvalue weighted by molar-refractivity contribution is 5.33. The van der Waals surface area contributed by atoms with E-state index in [1.165, 1.54) is 19.2 Å². The highest BCUT2D eigenvalue weighted by Crippen LogP contribution is 2.24. The summed E-state index contributed by atoms with van der Waals surface area (Å²) in [6, 6.07) is 4.49. The van der Waals surface area contributed by atoms with Crippen molar-refractivity contribution < 1.29 is 19.3 Å². The van der Waals surface area contributed by atoms with Gasteiger partial charge in [-0.2, -0.15) is 0 Å². The fraction of sp³-hybridized carbons (Fsp3) is 0.571. The van der Waals surface area contributed by atoms with Crippen LogP contribution in [0.3, 0.4) is 0 Å². The van der Waals surface area contributed by atoms with Crippen molar-refractivity contribution in [3.63, 3.8) is 0 Å². The predicted octanol–water partition coefficient (Wildman–Crippen LogP) is 1.01. The molecule has 0 bridgehead atoms. The molecule has 0 radical (unpaired) electrons. The summed E-state index contributed by atoms with van der Waals surface area (Å²) in [5.41, 5.74) is 0.901. The van der Waals surface area contributed by atoms with E-state index >= 15 is 0 Å². The summed E-state index contributed by atoms with van der Waals surface area (Å²) in [5, 5.41) is 19.0. The molecule has 4 nitrogen and oxygen atoms in total. The first-order chi connectivity index (χ1) is 9.13. The number of benzene rings is 1. The molecule has 0 unspecified atom stereocenters. The van der Waals surface area contributed by atoms with Gasteiger partial charge in [-0.05, 0) is 19.0 Å². The molecule has 2 N–H and O–H groups in total. The van der Waals surface area contributed by atoms with Gasteiger partial charge in [0.15, 0.2) is 0 Å². The zero-order valence-electron chi connectivity index (χ0n) is 11.1. The van der Waals surface area contributed by atoms with Gasteiger partial charge < -0.3 is 14.9 Å². The Morgan fingerprint density at radius 1 is 1.47 bits per heavy atom. The molecule has 1 aromatic rings. The summed E-state index contributed by atoms with van der Waals surface area (Å²) < 4.78 is 18.3. The van der Waals surface area contributed by atoms with Crippen LogP contribution in [0.1, 0.15) is 12.0 Å².